The zero-order chi connectivity index (χ0) is 16.1. The SMILES string of the molecule is CCN(CC)C(=O)c1c(C)csc1NC(=O)c1ccccc1. The smallest absolute Gasteiger partial charge is 0.257 e. The summed E-state index contributed by atoms with van der Waals surface area (Å²) in [5.74, 6) is -0.233. The van der Waals surface area contributed by atoms with Gasteiger partial charge in [0.15, 0.2) is 0 Å². The lowest BCUT2D eigenvalue weighted by atomic mass is 10.1. The number of carbonyl (C=O) groups excluding carboxylic acids is 2. The largest absolute Gasteiger partial charge is 0.339 e. The van der Waals surface area contributed by atoms with Gasteiger partial charge in [-0.2, -0.15) is 0 Å². The number of anilines is 1. The Labute approximate surface area is 134 Å². The van der Waals surface area contributed by atoms with Crippen LogP contribution in [-0.2, 0) is 0 Å². The first-order valence-electron chi connectivity index (χ1n) is 7.32. The molecule has 2 aromatic rings. The van der Waals surface area contributed by atoms with Crippen molar-refractivity contribution in [3.05, 3.63) is 52.4 Å². The quantitative estimate of drug-likeness (QED) is 0.912. The molecular formula is C17H20N2O2S. The van der Waals surface area contributed by atoms with Crippen LogP contribution in [0.15, 0.2) is 35.7 Å². The van der Waals surface area contributed by atoms with E-state index in [0.717, 1.165) is 5.56 Å². The molecule has 2 amide bonds. The number of rotatable bonds is 5. The van der Waals surface area contributed by atoms with Crippen molar-refractivity contribution in [3.8, 4) is 0 Å². The van der Waals surface area contributed by atoms with Crippen LogP contribution in [0.2, 0.25) is 0 Å². The van der Waals surface area contributed by atoms with E-state index in [-0.39, 0.29) is 11.8 Å². The van der Waals surface area contributed by atoms with Gasteiger partial charge < -0.3 is 10.2 Å². The summed E-state index contributed by atoms with van der Waals surface area (Å²) >= 11 is 1.39. The summed E-state index contributed by atoms with van der Waals surface area (Å²) in [6.07, 6.45) is 0. The summed E-state index contributed by atoms with van der Waals surface area (Å²) in [5.41, 5.74) is 2.07. The average molecular weight is 316 g/mol. The molecule has 0 unspecified atom stereocenters. The molecule has 0 atom stereocenters. The minimum absolute atomic E-state index is 0.0351. The number of thiophene rings is 1. The maximum atomic E-state index is 12.6. The summed E-state index contributed by atoms with van der Waals surface area (Å²) in [6, 6.07) is 9.00. The van der Waals surface area contributed by atoms with E-state index < -0.39 is 0 Å². The molecule has 2 rings (SSSR count). The van der Waals surface area contributed by atoms with Gasteiger partial charge in [-0.3, -0.25) is 9.59 Å². The zero-order valence-electron chi connectivity index (χ0n) is 13.1. The summed E-state index contributed by atoms with van der Waals surface area (Å²) in [6.45, 7) is 7.09. The fourth-order valence-electron chi connectivity index (χ4n) is 2.24. The van der Waals surface area contributed by atoms with Gasteiger partial charge >= 0.3 is 0 Å². The number of nitrogens with one attached hydrogen (secondary N) is 1. The van der Waals surface area contributed by atoms with Crippen LogP contribution in [0.5, 0.6) is 0 Å². The Morgan fingerprint density at radius 1 is 1.14 bits per heavy atom. The van der Waals surface area contributed by atoms with Crippen molar-refractivity contribution in [1.29, 1.82) is 0 Å². The summed E-state index contributed by atoms with van der Waals surface area (Å²) in [5, 5.41) is 5.38. The average Bonchev–Trinajstić information content (AvgIpc) is 2.89. The van der Waals surface area contributed by atoms with Crippen LogP contribution >= 0.6 is 11.3 Å². The maximum absolute atomic E-state index is 12.6. The lowest BCUT2D eigenvalue weighted by Gasteiger charge is -2.19. The molecule has 0 aliphatic heterocycles. The van der Waals surface area contributed by atoms with Crippen molar-refractivity contribution in [2.75, 3.05) is 18.4 Å². The van der Waals surface area contributed by atoms with Crippen molar-refractivity contribution in [2.45, 2.75) is 20.8 Å². The van der Waals surface area contributed by atoms with Gasteiger partial charge in [0.05, 0.1) is 5.56 Å². The van der Waals surface area contributed by atoms with E-state index in [0.29, 0.717) is 29.2 Å². The summed E-state index contributed by atoms with van der Waals surface area (Å²) < 4.78 is 0. The third-order valence-electron chi connectivity index (χ3n) is 3.50. The van der Waals surface area contributed by atoms with Crippen molar-refractivity contribution >= 4 is 28.2 Å². The molecule has 0 saturated heterocycles. The lowest BCUT2D eigenvalue weighted by molar-refractivity contribution is 0.0774. The van der Waals surface area contributed by atoms with Gasteiger partial charge in [-0.25, -0.2) is 0 Å². The molecule has 22 heavy (non-hydrogen) atoms. The molecule has 5 heteroatoms. The fraction of sp³-hybridized carbons (Fsp3) is 0.294. The number of amides is 2. The molecule has 0 fully saturated rings. The maximum Gasteiger partial charge on any atom is 0.257 e. The minimum Gasteiger partial charge on any atom is -0.339 e. The third kappa shape index (κ3) is 3.36. The number of aryl methyl sites for hydroxylation is 1. The third-order valence-corrected chi connectivity index (χ3v) is 4.52. The van der Waals surface area contributed by atoms with Gasteiger partial charge in [-0.1, -0.05) is 18.2 Å². The molecular weight excluding hydrogens is 296 g/mol. The normalized spacial score (nSPS) is 10.3. The number of hydrogen-bond donors (Lipinski definition) is 1. The van der Waals surface area contributed by atoms with Gasteiger partial charge in [0.25, 0.3) is 11.8 Å². The van der Waals surface area contributed by atoms with Crippen LogP contribution in [0.25, 0.3) is 0 Å². The van der Waals surface area contributed by atoms with Crippen LogP contribution in [-0.4, -0.2) is 29.8 Å². The Hall–Kier alpha value is -2.14. The van der Waals surface area contributed by atoms with Crippen molar-refractivity contribution in [2.24, 2.45) is 0 Å². The highest BCUT2D eigenvalue weighted by Gasteiger charge is 2.22. The molecule has 0 spiro atoms. The molecule has 1 aromatic heterocycles. The number of nitrogens with zero attached hydrogens (tertiary/aromatic N) is 1. The van der Waals surface area contributed by atoms with E-state index in [9.17, 15) is 9.59 Å². The standard InChI is InChI=1S/C17H20N2O2S/c1-4-19(5-2)17(21)14-12(3)11-22-16(14)18-15(20)13-9-7-6-8-10-13/h6-11H,4-5H2,1-3H3,(H,18,20). The highest BCUT2D eigenvalue weighted by molar-refractivity contribution is 7.15. The molecule has 0 bridgehead atoms. The van der Waals surface area contributed by atoms with Crippen molar-refractivity contribution in [1.82, 2.24) is 4.90 Å². The van der Waals surface area contributed by atoms with Crippen LogP contribution in [0.4, 0.5) is 5.00 Å². The Balaban J connectivity index is 2.26. The van der Waals surface area contributed by atoms with E-state index in [4.69, 9.17) is 0 Å². The van der Waals surface area contributed by atoms with E-state index in [1.54, 1.807) is 17.0 Å². The van der Waals surface area contributed by atoms with Crippen molar-refractivity contribution in [3.63, 3.8) is 0 Å². The van der Waals surface area contributed by atoms with Gasteiger partial charge in [-0.15, -0.1) is 11.3 Å². The molecule has 0 aliphatic rings. The topological polar surface area (TPSA) is 49.4 Å². The van der Waals surface area contributed by atoms with Gasteiger partial charge in [0, 0.05) is 18.7 Å². The molecule has 0 saturated carbocycles. The second kappa shape index (κ2) is 7.22. The highest BCUT2D eigenvalue weighted by atomic mass is 32.1. The lowest BCUT2D eigenvalue weighted by Crippen LogP contribution is -2.31. The first-order chi connectivity index (χ1) is 10.6. The molecule has 1 heterocycles. The molecule has 0 radical (unpaired) electrons. The van der Waals surface area contributed by atoms with Crippen molar-refractivity contribution < 1.29 is 9.59 Å². The van der Waals surface area contributed by atoms with Gasteiger partial charge in [-0.05, 0) is 43.8 Å². The van der Waals surface area contributed by atoms with Crippen LogP contribution in [0, 0.1) is 6.92 Å². The summed E-state index contributed by atoms with van der Waals surface area (Å²) in [4.78, 5) is 26.6. The van der Waals surface area contributed by atoms with E-state index in [1.807, 2.05) is 44.4 Å². The Morgan fingerprint density at radius 2 is 1.77 bits per heavy atom. The van der Waals surface area contributed by atoms with E-state index in [2.05, 4.69) is 5.32 Å². The first kappa shape index (κ1) is 16.2. The highest BCUT2D eigenvalue weighted by Crippen LogP contribution is 2.29. The monoisotopic (exact) mass is 316 g/mol. The Morgan fingerprint density at radius 3 is 2.36 bits per heavy atom. The molecule has 4 nitrogen and oxygen atoms in total. The number of hydrogen-bond acceptors (Lipinski definition) is 3. The van der Waals surface area contributed by atoms with Gasteiger partial charge in [0.2, 0.25) is 0 Å². The Kier molecular flexibility index (Phi) is 5.33. The summed E-state index contributed by atoms with van der Waals surface area (Å²) in [7, 11) is 0. The second-order valence-electron chi connectivity index (χ2n) is 4.92. The van der Waals surface area contributed by atoms with E-state index >= 15 is 0 Å². The predicted octanol–water partition coefficient (Wildman–Crippen LogP) is 3.79. The van der Waals surface area contributed by atoms with Crippen LogP contribution in [0.3, 0.4) is 0 Å². The predicted molar refractivity (Wildman–Crippen MR) is 90.7 cm³/mol. The Bertz CT molecular complexity index is 661. The molecule has 116 valence electrons. The van der Waals surface area contributed by atoms with Crippen LogP contribution < -0.4 is 5.32 Å². The molecule has 1 N–H and O–H groups in total. The molecule has 1 aromatic carbocycles. The fourth-order valence-corrected chi connectivity index (χ4v) is 3.17. The van der Waals surface area contributed by atoms with E-state index in [1.165, 1.54) is 11.3 Å². The van der Waals surface area contributed by atoms with Crippen LogP contribution in [0.1, 0.15) is 40.1 Å². The van der Waals surface area contributed by atoms with Gasteiger partial charge in [0.1, 0.15) is 5.00 Å². The first-order valence-corrected chi connectivity index (χ1v) is 8.20. The second-order valence-corrected chi connectivity index (χ2v) is 5.80. The number of benzene rings is 1. The number of carbonyl (C=O) groups is 2. The zero-order valence-corrected chi connectivity index (χ0v) is 13.9. The minimum atomic E-state index is -0.198. The molecule has 0 aliphatic carbocycles.